The molecular formula is H4ClFNiO4S. The molecule has 0 rings (SSSR count). The van der Waals surface area contributed by atoms with E-state index in [9.17, 15) is 0 Å². The standard InChI is InChI=1S/ClH.FH.Ni.H2O4S/c;;;1-5(2,3)4/h2*1H;;(H2,1,2,3,4). The summed E-state index contributed by atoms with van der Waals surface area (Å²) in [5.74, 6) is 0. The van der Waals surface area contributed by atoms with Gasteiger partial charge in [-0.25, -0.2) is 0 Å². The van der Waals surface area contributed by atoms with Gasteiger partial charge in [-0.3, -0.25) is 13.8 Å². The predicted molar refractivity (Wildman–Crippen MR) is 23.9 cm³/mol. The first-order valence-corrected chi connectivity index (χ1v) is 2.10. The molecular weight excluding hydrogens is 209 g/mol. The Morgan fingerprint density at radius 2 is 1.12 bits per heavy atom. The maximum atomic E-state index is 8.74. The zero-order valence-corrected chi connectivity index (χ0v) is 5.87. The van der Waals surface area contributed by atoms with E-state index in [-0.39, 0.29) is 33.6 Å². The van der Waals surface area contributed by atoms with E-state index in [1.54, 1.807) is 0 Å². The Hall–Kier alpha value is 0.584. The quantitative estimate of drug-likeness (QED) is 0.436. The minimum atomic E-state index is -4.67. The summed E-state index contributed by atoms with van der Waals surface area (Å²) in [5.41, 5.74) is 0. The van der Waals surface area contributed by atoms with Crippen LogP contribution in [0.4, 0.5) is 4.70 Å². The summed E-state index contributed by atoms with van der Waals surface area (Å²) in [5, 5.41) is 0. The van der Waals surface area contributed by atoms with Gasteiger partial charge in [-0.05, 0) is 0 Å². The van der Waals surface area contributed by atoms with Crippen molar-refractivity contribution in [2.24, 2.45) is 0 Å². The van der Waals surface area contributed by atoms with Crippen molar-refractivity contribution in [2.75, 3.05) is 0 Å². The van der Waals surface area contributed by atoms with E-state index < -0.39 is 10.4 Å². The van der Waals surface area contributed by atoms with Crippen LogP contribution in [-0.2, 0) is 26.9 Å². The second-order valence-electron chi connectivity index (χ2n) is 0.448. The fourth-order valence-corrected chi connectivity index (χ4v) is 0. The van der Waals surface area contributed by atoms with Crippen LogP contribution >= 0.6 is 12.4 Å². The van der Waals surface area contributed by atoms with Gasteiger partial charge in [0.05, 0.1) is 0 Å². The molecule has 0 unspecified atom stereocenters. The van der Waals surface area contributed by atoms with E-state index in [0.717, 1.165) is 0 Å². The summed E-state index contributed by atoms with van der Waals surface area (Å²) in [6, 6.07) is 0. The summed E-state index contributed by atoms with van der Waals surface area (Å²) in [6.45, 7) is 0. The minimum absolute atomic E-state index is 0. The number of rotatable bonds is 0. The molecule has 2 N–H and O–H groups in total. The van der Waals surface area contributed by atoms with Gasteiger partial charge >= 0.3 is 10.4 Å². The van der Waals surface area contributed by atoms with E-state index >= 15 is 0 Å². The first-order valence-electron chi connectivity index (χ1n) is 0.698. The summed E-state index contributed by atoms with van der Waals surface area (Å²) in [4.78, 5) is 0. The molecule has 0 amide bonds. The molecule has 0 fully saturated rings. The normalized spacial score (nSPS) is 7.25. The zero-order valence-electron chi connectivity index (χ0n) is 3.25. The molecule has 0 aromatic carbocycles. The third-order valence-electron chi connectivity index (χ3n) is 0. The van der Waals surface area contributed by atoms with Crippen molar-refractivity contribution in [3.63, 3.8) is 0 Å². The maximum Gasteiger partial charge on any atom is 0.394 e. The largest absolute Gasteiger partial charge is 0.394 e. The van der Waals surface area contributed by atoms with Gasteiger partial charge in [0.25, 0.3) is 0 Å². The molecule has 8 heavy (non-hydrogen) atoms. The van der Waals surface area contributed by atoms with Crippen molar-refractivity contribution in [1.29, 1.82) is 0 Å². The van der Waals surface area contributed by atoms with Gasteiger partial charge in [0.15, 0.2) is 0 Å². The Morgan fingerprint density at radius 3 is 1.12 bits per heavy atom. The molecule has 0 aliphatic carbocycles. The van der Waals surface area contributed by atoms with E-state index in [0.29, 0.717) is 0 Å². The Balaban J connectivity index is -0.0000000267. The molecule has 0 aromatic rings. The van der Waals surface area contributed by atoms with Gasteiger partial charge in [-0.15, -0.1) is 12.4 Å². The summed E-state index contributed by atoms with van der Waals surface area (Å²) >= 11 is 0. The molecule has 4 nitrogen and oxygen atoms in total. The zero-order chi connectivity index (χ0) is 4.50. The fraction of sp³-hybridized carbons (Fsp3) is 0. The molecule has 8 heteroatoms. The van der Waals surface area contributed by atoms with Crippen LogP contribution in [0.1, 0.15) is 0 Å². The molecule has 0 heterocycles. The second-order valence-corrected chi connectivity index (χ2v) is 1.34. The van der Waals surface area contributed by atoms with Crippen molar-refractivity contribution >= 4 is 22.8 Å². The molecule has 58 valence electrons. The van der Waals surface area contributed by atoms with Gasteiger partial charge in [0, 0.05) is 16.5 Å². The summed E-state index contributed by atoms with van der Waals surface area (Å²) in [7, 11) is -4.67. The van der Waals surface area contributed by atoms with Crippen LogP contribution < -0.4 is 0 Å². The Bertz CT molecular complexity index is 99.2. The maximum absolute atomic E-state index is 8.74. The summed E-state index contributed by atoms with van der Waals surface area (Å²) < 4.78 is 31.6. The molecule has 0 aliphatic rings. The van der Waals surface area contributed by atoms with Gasteiger partial charge in [-0.2, -0.15) is 8.42 Å². The molecule has 0 spiro atoms. The van der Waals surface area contributed by atoms with E-state index in [1.807, 2.05) is 0 Å². The molecule has 0 radical (unpaired) electrons. The average Bonchev–Trinajstić information content (AvgIpc) is 0.722. The second kappa shape index (κ2) is 7.58. The van der Waals surface area contributed by atoms with Gasteiger partial charge in [-0.1, -0.05) is 0 Å². The van der Waals surface area contributed by atoms with Crippen molar-refractivity contribution in [3.05, 3.63) is 0 Å². The molecule has 0 saturated heterocycles. The molecule has 0 bridgehead atoms. The van der Waals surface area contributed by atoms with Crippen LogP contribution in [0.3, 0.4) is 0 Å². The predicted octanol–water partition coefficient (Wildman–Crippen LogP) is -0.0810. The van der Waals surface area contributed by atoms with E-state index in [2.05, 4.69) is 0 Å². The monoisotopic (exact) mass is 212 g/mol. The molecule has 0 aromatic heterocycles. The number of hydrogen-bond acceptors (Lipinski definition) is 2. The van der Waals surface area contributed by atoms with E-state index in [1.165, 1.54) is 0 Å². The fourth-order valence-electron chi connectivity index (χ4n) is 0. The average molecular weight is 213 g/mol. The van der Waals surface area contributed by atoms with Crippen molar-refractivity contribution in [1.82, 2.24) is 0 Å². The number of halogens is 2. The topological polar surface area (TPSA) is 74.6 Å². The van der Waals surface area contributed by atoms with Crippen LogP contribution in [0.15, 0.2) is 0 Å². The Morgan fingerprint density at radius 1 is 1.12 bits per heavy atom. The molecule has 0 atom stereocenters. The van der Waals surface area contributed by atoms with Gasteiger partial charge < -0.3 is 0 Å². The van der Waals surface area contributed by atoms with Crippen molar-refractivity contribution in [3.8, 4) is 0 Å². The summed E-state index contributed by atoms with van der Waals surface area (Å²) in [6.07, 6.45) is 0. The smallest absolute Gasteiger partial charge is 0.269 e. The van der Waals surface area contributed by atoms with Crippen LogP contribution in [0.25, 0.3) is 0 Å². The first kappa shape index (κ1) is 23.5. The van der Waals surface area contributed by atoms with Gasteiger partial charge in [0.2, 0.25) is 0 Å². The van der Waals surface area contributed by atoms with E-state index in [4.69, 9.17) is 17.5 Å². The van der Waals surface area contributed by atoms with Crippen LogP contribution in [0.5, 0.6) is 0 Å². The third kappa shape index (κ3) is 603. The minimum Gasteiger partial charge on any atom is -0.269 e. The van der Waals surface area contributed by atoms with Crippen LogP contribution in [0, 0.1) is 0 Å². The third-order valence-corrected chi connectivity index (χ3v) is 0. The Labute approximate surface area is 61.9 Å². The van der Waals surface area contributed by atoms with Gasteiger partial charge in [0.1, 0.15) is 0 Å². The Kier molecular flexibility index (Phi) is 22.3. The first-order chi connectivity index (χ1) is 2.00. The van der Waals surface area contributed by atoms with Crippen LogP contribution in [-0.4, -0.2) is 17.5 Å². The SMILES string of the molecule is Cl.F.O=S(=O)(O)O.[Ni]. The molecule has 0 saturated carbocycles. The van der Waals surface area contributed by atoms with Crippen molar-refractivity contribution < 1.29 is 38.7 Å². The molecule has 0 aliphatic heterocycles. The van der Waals surface area contributed by atoms with Crippen molar-refractivity contribution in [2.45, 2.75) is 0 Å². The van der Waals surface area contributed by atoms with Crippen LogP contribution in [0.2, 0.25) is 0 Å². The number of hydrogen-bond donors (Lipinski definition) is 2.